The molecule has 5 nitrogen and oxygen atoms in total. The number of benzene rings is 1. The summed E-state index contributed by atoms with van der Waals surface area (Å²) in [4.78, 5) is 10.2. The zero-order chi connectivity index (χ0) is 15.0. The van der Waals surface area contributed by atoms with E-state index in [0.29, 0.717) is 0 Å². The van der Waals surface area contributed by atoms with Crippen molar-refractivity contribution in [3.8, 4) is 0 Å². The SMILES string of the molecule is C/C=C/C(=C(Cl)\C=C(/N)OCc1ccccc1)[N+](=O)[O-]. The van der Waals surface area contributed by atoms with Crippen molar-refractivity contribution in [2.45, 2.75) is 13.5 Å². The van der Waals surface area contributed by atoms with E-state index in [9.17, 15) is 10.1 Å². The van der Waals surface area contributed by atoms with E-state index >= 15 is 0 Å². The van der Waals surface area contributed by atoms with E-state index in [2.05, 4.69) is 0 Å². The van der Waals surface area contributed by atoms with Crippen molar-refractivity contribution in [2.75, 3.05) is 0 Å². The molecule has 0 saturated carbocycles. The number of nitrogens with zero attached hydrogens (tertiary/aromatic N) is 1. The normalized spacial score (nSPS) is 13.2. The second-order valence-corrected chi connectivity index (χ2v) is 4.22. The molecule has 2 N–H and O–H groups in total. The third kappa shape index (κ3) is 5.16. The lowest BCUT2D eigenvalue weighted by atomic mass is 10.2. The fourth-order valence-corrected chi connectivity index (χ4v) is 1.61. The molecule has 0 unspecified atom stereocenters. The lowest BCUT2D eigenvalue weighted by molar-refractivity contribution is -0.419. The number of hydrogen-bond acceptors (Lipinski definition) is 4. The van der Waals surface area contributed by atoms with Gasteiger partial charge in [-0.25, -0.2) is 0 Å². The van der Waals surface area contributed by atoms with Crippen LogP contribution in [0.4, 0.5) is 0 Å². The Morgan fingerprint density at radius 1 is 1.45 bits per heavy atom. The second kappa shape index (κ2) is 8.01. The predicted molar refractivity (Wildman–Crippen MR) is 78.2 cm³/mol. The highest BCUT2D eigenvalue weighted by molar-refractivity contribution is 6.31. The van der Waals surface area contributed by atoms with Crippen LogP contribution in [-0.4, -0.2) is 4.92 Å². The predicted octanol–water partition coefficient (Wildman–Crippen LogP) is 3.31. The van der Waals surface area contributed by atoms with Gasteiger partial charge in [0.1, 0.15) is 11.6 Å². The molecule has 0 aromatic heterocycles. The monoisotopic (exact) mass is 294 g/mol. The number of allylic oxidation sites excluding steroid dienone is 4. The van der Waals surface area contributed by atoms with E-state index in [1.54, 1.807) is 6.92 Å². The lowest BCUT2D eigenvalue weighted by Crippen LogP contribution is -2.04. The molecule has 0 atom stereocenters. The van der Waals surface area contributed by atoms with Crippen LogP contribution in [0.15, 0.2) is 65.2 Å². The number of nitro groups is 1. The molecule has 0 saturated heterocycles. The van der Waals surface area contributed by atoms with Gasteiger partial charge in [-0.15, -0.1) is 0 Å². The zero-order valence-corrected chi connectivity index (χ0v) is 11.7. The Morgan fingerprint density at radius 2 is 2.10 bits per heavy atom. The van der Waals surface area contributed by atoms with Gasteiger partial charge in [0.25, 0.3) is 5.70 Å². The Balaban J connectivity index is 2.77. The van der Waals surface area contributed by atoms with E-state index in [-0.39, 0.29) is 23.2 Å². The molecule has 20 heavy (non-hydrogen) atoms. The van der Waals surface area contributed by atoms with Crippen LogP contribution in [-0.2, 0) is 11.3 Å². The number of ether oxygens (including phenoxy) is 1. The summed E-state index contributed by atoms with van der Waals surface area (Å²) in [5, 5.41) is 10.7. The first kappa shape index (κ1) is 15.8. The molecular weight excluding hydrogens is 280 g/mol. The van der Waals surface area contributed by atoms with E-state index in [1.807, 2.05) is 30.3 Å². The van der Waals surface area contributed by atoms with E-state index in [0.717, 1.165) is 5.56 Å². The third-order valence-electron chi connectivity index (χ3n) is 2.28. The van der Waals surface area contributed by atoms with Gasteiger partial charge >= 0.3 is 0 Å². The zero-order valence-electron chi connectivity index (χ0n) is 11.0. The van der Waals surface area contributed by atoms with Crippen LogP contribution in [0.25, 0.3) is 0 Å². The molecule has 1 aromatic rings. The van der Waals surface area contributed by atoms with Crippen molar-refractivity contribution >= 4 is 11.6 Å². The summed E-state index contributed by atoms with van der Waals surface area (Å²) >= 11 is 5.85. The number of hydrogen-bond donors (Lipinski definition) is 1. The van der Waals surface area contributed by atoms with Crippen molar-refractivity contribution in [1.82, 2.24) is 0 Å². The molecule has 0 spiro atoms. The molecule has 6 heteroatoms. The standard InChI is InChI=1S/C14H15ClN2O3/c1-2-6-13(17(18)19)12(15)9-14(16)20-10-11-7-4-3-5-8-11/h2-9H,10,16H2,1H3/b6-2+,13-12-,14-9+. The molecule has 0 aliphatic heterocycles. The maximum absolute atomic E-state index is 10.8. The summed E-state index contributed by atoms with van der Waals surface area (Å²) in [7, 11) is 0. The minimum Gasteiger partial charge on any atom is -0.474 e. The summed E-state index contributed by atoms with van der Waals surface area (Å²) in [6.07, 6.45) is 4.04. The van der Waals surface area contributed by atoms with Crippen molar-refractivity contribution in [3.63, 3.8) is 0 Å². The first-order chi connectivity index (χ1) is 9.54. The van der Waals surface area contributed by atoms with Gasteiger partial charge in [0, 0.05) is 12.2 Å². The Bertz CT molecular complexity index is 551. The Morgan fingerprint density at radius 3 is 2.65 bits per heavy atom. The maximum Gasteiger partial charge on any atom is 0.287 e. The fourth-order valence-electron chi connectivity index (χ4n) is 1.37. The van der Waals surface area contributed by atoms with Gasteiger partial charge < -0.3 is 10.5 Å². The Hall–Kier alpha value is -2.27. The van der Waals surface area contributed by atoms with Gasteiger partial charge in [-0.2, -0.15) is 0 Å². The largest absolute Gasteiger partial charge is 0.474 e. The molecule has 0 radical (unpaired) electrons. The smallest absolute Gasteiger partial charge is 0.287 e. The van der Waals surface area contributed by atoms with Gasteiger partial charge in [0.2, 0.25) is 0 Å². The number of rotatable bonds is 6. The Kier molecular flexibility index (Phi) is 6.32. The van der Waals surface area contributed by atoms with Crippen molar-refractivity contribution in [1.29, 1.82) is 0 Å². The molecule has 0 aliphatic rings. The third-order valence-corrected chi connectivity index (χ3v) is 2.59. The quantitative estimate of drug-likeness (QED) is 0.378. The minimum atomic E-state index is -0.580. The summed E-state index contributed by atoms with van der Waals surface area (Å²) < 4.78 is 5.28. The molecule has 1 aromatic carbocycles. The molecule has 1 rings (SSSR count). The van der Waals surface area contributed by atoms with Crippen LogP contribution < -0.4 is 5.73 Å². The topological polar surface area (TPSA) is 78.4 Å². The van der Waals surface area contributed by atoms with Gasteiger partial charge in [-0.1, -0.05) is 48.0 Å². The van der Waals surface area contributed by atoms with Crippen LogP contribution >= 0.6 is 11.6 Å². The van der Waals surface area contributed by atoms with E-state index < -0.39 is 4.92 Å². The highest BCUT2D eigenvalue weighted by Crippen LogP contribution is 2.15. The lowest BCUT2D eigenvalue weighted by Gasteiger charge is -2.05. The first-order valence-corrected chi connectivity index (χ1v) is 6.23. The molecule has 0 aliphatic carbocycles. The summed E-state index contributed by atoms with van der Waals surface area (Å²) in [6, 6.07) is 9.41. The van der Waals surface area contributed by atoms with Crippen molar-refractivity contribution in [2.24, 2.45) is 5.73 Å². The van der Waals surface area contributed by atoms with Gasteiger partial charge in [-0.05, 0) is 12.5 Å². The summed E-state index contributed by atoms with van der Waals surface area (Å²) in [5.74, 6) is 0.0164. The second-order valence-electron chi connectivity index (χ2n) is 3.81. The maximum atomic E-state index is 10.8. The molecule has 0 heterocycles. The minimum absolute atomic E-state index is 0.0164. The van der Waals surface area contributed by atoms with Gasteiger partial charge in [0.05, 0.1) is 4.92 Å². The van der Waals surface area contributed by atoms with Gasteiger partial charge in [0.15, 0.2) is 5.88 Å². The summed E-state index contributed by atoms with van der Waals surface area (Å²) in [6.45, 7) is 1.93. The van der Waals surface area contributed by atoms with Crippen LogP contribution in [0.2, 0.25) is 0 Å². The first-order valence-electron chi connectivity index (χ1n) is 5.85. The molecular formula is C14H15ClN2O3. The average Bonchev–Trinajstić information content (AvgIpc) is 2.43. The molecule has 0 amide bonds. The molecule has 0 fully saturated rings. The highest BCUT2D eigenvalue weighted by atomic mass is 35.5. The van der Waals surface area contributed by atoms with Gasteiger partial charge in [-0.3, -0.25) is 10.1 Å². The molecule has 0 bridgehead atoms. The van der Waals surface area contributed by atoms with Crippen molar-refractivity contribution < 1.29 is 9.66 Å². The van der Waals surface area contributed by atoms with Crippen molar-refractivity contribution in [3.05, 3.63) is 80.9 Å². The van der Waals surface area contributed by atoms with Crippen LogP contribution in [0.5, 0.6) is 0 Å². The van der Waals surface area contributed by atoms with E-state index in [1.165, 1.54) is 18.2 Å². The fraction of sp³-hybridized carbons (Fsp3) is 0.143. The number of nitrogens with two attached hydrogens (primary N) is 1. The van der Waals surface area contributed by atoms with Crippen LogP contribution in [0.3, 0.4) is 0 Å². The van der Waals surface area contributed by atoms with Crippen LogP contribution in [0.1, 0.15) is 12.5 Å². The molecule has 106 valence electrons. The summed E-state index contributed by atoms with van der Waals surface area (Å²) in [5.41, 5.74) is 6.33. The average molecular weight is 295 g/mol. The van der Waals surface area contributed by atoms with E-state index in [4.69, 9.17) is 22.1 Å². The highest BCUT2D eigenvalue weighted by Gasteiger charge is 2.12. The number of halogens is 1. The van der Waals surface area contributed by atoms with Crippen LogP contribution in [0, 0.1) is 10.1 Å². The Labute approximate surface area is 122 Å².